The molecule has 1 aromatic carbocycles. The fourth-order valence-corrected chi connectivity index (χ4v) is 1.87. The number of hydrogen-bond donors (Lipinski definition) is 2. The van der Waals surface area contributed by atoms with Gasteiger partial charge in [0.2, 0.25) is 0 Å². The van der Waals surface area contributed by atoms with Crippen LogP contribution < -0.4 is 5.73 Å². The first-order chi connectivity index (χ1) is 8.33. The molecular weight excluding hydrogens is 212 g/mol. The van der Waals surface area contributed by atoms with Crippen molar-refractivity contribution in [2.24, 2.45) is 0 Å². The summed E-state index contributed by atoms with van der Waals surface area (Å²) in [5, 5.41) is 0.877. The maximum absolute atomic E-state index is 5.88. The smallest absolute Gasteiger partial charge is 0.143 e. The number of benzene rings is 1. The number of nitrogens with one attached hydrogen (secondary N) is 1. The molecule has 0 aliphatic rings. The summed E-state index contributed by atoms with van der Waals surface area (Å²) in [5.41, 5.74) is 7.86. The maximum atomic E-state index is 5.88. The van der Waals surface area contributed by atoms with Crippen LogP contribution in [0.15, 0.2) is 42.6 Å². The lowest BCUT2D eigenvalue weighted by Gasteiger charge is -2.02. The third kappa shape index (κ3) is 1.85. The summed E-state index contributed by atoms with van der Waals surface area (Å²) < 4.78 is 0. The van der Waals surface area contributed by atoms with Gasteiger partial charge in [-0.3, -0.25) is 0 Å². The van der Waals surface area contributed by atoms with E-state index in [0.29, 0.717) is 12.2 Å². The number of H-pyrrole nitrogens is 1. The fraction of sp³-hybridized carbons (Fsp3) is 0.0769. The van der Waals surface area contributed by atoms with E-state index in [1.54, 1.807) is 0 Å². The number of nitrogens with zero attached hydrogens (tertiary/aromatic N) is 2. The molecule has 0 amide bonds. The Kier molecular flexibility index (Phi) is 2.26. The van der Waals surface area contributed by atoms with Crippen molar-refractivity contribution in [2.75, 3.05) is 5.73 Å². The molecule has 0 radical (unpaired) electrons. The molecule has 0 spiro atoms. The first-order valence-corrected chi connectivity index (χ1v) is 5.46. The van der Waals surface area contributed by atoms with E-state index < -0.39 is 0 Å². The Morgan fingerprint density at radius 2 is 1.88 bits per heavy atom. The highest BCUT2D eigenvalue weighted by Crippen LogP contribution is 2.17. The minimum absolute atomic E-state index is 0.530. The zero-order valence-corrected chi connectivity index (χ0v) is 9.22. The molecule has 17 heavy (non-hydrogen) atoms. The molecule has 0 atom stereocenters. The van der Waals surface area contributed by atoms with Gasteiger partial charge in [-0.25, -0.2) is 9.97 Å². The van der Waals surface area contributed by atoms with Crippen molar-refractivity contribution in [1.29, 1.82) is 0 Å². The van der Waals surface area contributed by atoms with Crippen molar-refractivity contribution in [3.63, 3.8) is 0 Å². The number of aromatic nitrogens is 3. The summed E-state index contributed by atoms with van der Waals surface area (Å²) in [6.45, 7) is 0. The van der Waals surface area contributed by atoms with E-state index >= 15 is 0 Å². The minimum Gasteiger partial charge on any atom is -0.383 e. The summed E-state index contributed by atoms with van der Waals surface area (Å²) in [7, 11) is 0. The van der Waals surface area contributed by atoms with Gasteiger partial charge in [-0.15, -0.1) is 0 Å². The van der Waals surface area contributed by atoms with Crippen LogP contribution >= 0.6 is 0 Å². The van der Waals surface area contributed by atoms with Crippen LogP contribution in [0.2, 0.25) is 0 Å². The Morgan fingerprint density at radius 1 is 1.06 bits per heavy atom. The van der Waals surface area contributed by atoms with Crippen LogP contribution in [-0.4, -0.2) is 15.0 Å². The van der Waals surface area contributed by atoms with Crippen molar-refractivity contribution in [3.05, 3.63) is 54.0 Å². The van der Waals surface area contributed by atoms with Gasteiger partial charge in [-0.2, -0.15) is 0 Å². The standard InChI is InChI=1S/C13H12N4/c14-12-10-6-7-15-13(10)17-11(16-12)8-9-4-2-1-3-5-9/h1-7H,8H2,(H3,14,15,16,17). The Balaban J connectivity index is 2.01. The average Bonchev–Trinajstić information content (AvgIpc) is 2.79. The van der Waals surface area contributed by atoms with Gasteiger partial charge in [-0.05, 0) is 11.6 Å². The van der Waals surface area contributed by atoms with Gasteiger partial charge in [0.1, 0.15) is 17.3 Å². The van der Waals surface area contributed by atoms with Gasteiger partial charge < -0.3 is 10.7 Å². The predicted octanol–water partition coefficient (Wildman–Crippen LogP) is 2.13. The summed E-state index contributed by atoms with van der Waals surface area (Å²) in [6.07, 6.45) is 2.52. The van der Waals surface area contributed by atoms with E-state index in [1.807, 2.05) is 30.5 Å². The lowest BCUT2D eigenvalue weighted by atomic mass is 10.1. The molecule has 0 saturated heterocycles. The van der Waals surface area contributed by atoms with Crippen LogP contribution in [0, 0.1) is 0 Å². The minimum atomic E-state index is 0.530. The largest absolute Gasteiger partial charge is 0.383 e. The number of rotatable bonds is 2. The van der Waals surface area contributed by atoms with Crippen molar-refractivity contribution < 1.29 is 0 Å². The van der Waals surface area contributed by atoms with Crippen LogP contribution in [-0.2, 0) is 6.42 Å². The van der Waals surface area contributed by atoms with E-state index in [1.165, 1.54) is 5.56 Å². The highest BCUT2D eigenvalue weighted by molar-refractivity contribution is 5.85. The molecule has 0 aliphatic carbocycles. The quantitative estimate of drug-likeness (QED) is 0.700. The van der Waals surface area contributed by atoms with E-state index in [4.69, 9.17) is 5.73 Å². The molecule has 4 nitrogen and oxygen atoms in total. The first kappa shape index (κ1) is 9.84. The molecule has 3 N–H and O–H groups in total. The van der Waals surface area contributed by atoms with Crippen LogP contribution in [0.25, 0.3) is 11.0 Å². The lowest BCUT2D eigenvalue weighted by Crippen LogP contribution is -2.01. The second kappa shape index (κ2) is 3.90. The number of nitrogens with two attached hydrogens (primary N) is 1. The number of nitrogen functional groups attached to an aromatic ring is 1. The van der Waals surface area contributed by atoms with Crippen molar-refractivity contribution >= 4 is 16.9 Å². The zero-order chi connectivity index (χ0) is 11.7. The number of aromatic amines is 1. The molecule has 0 fully saturated rings. The van der Waals surface area contributed by atoms with Crippen molar-refractivity contribution in [1.82, 2.24) is 15.0 Å². The summed E-state index contributed by atoms with van der Waals surface area (Å²) in [6, 6.07) is 12.0. The normalized spacial score (nSPS) is 10.8. The first-order valence-electron chi connectivity index (χ1n) is 5.46. The number of hydrogen-bond acceptors (Lipinski definition) is 3. The molecule has 0 unspecified atom stereocenters. The lowest BCUT2D eigenvalue weighted by molar-refractivity contribution is 0.992. The van der Waals surface area contributed by atoms with Gasteiger partial charge in [-0.1, -0.05) is 30.3 Å². The molecule has 3 aromatic rings. The second-order valence-corrected chi connectivity index (χ2v) is 3.93. The van der Waals surface area contributed by atoms with Gasteiger partial charge in [0.05, 0.1) is 5.39 Å². The third-order valence-corrected chi connectivity index (χ3v) is 2.70. The SMILES string of the molecule is Nc1nc(Cc2ccccc2)nc2[nH]ccc12. The Hall–Kier alpha value is -2.36. The second-order valence-electron chi connectivity index (χ2n) is 3.93. The topological polar surface area (TPSA) is 67.6 Å². The van der Waals surface area contributed by atoms with Crippen LogP contribution in [0.5, 0.6) is 0 Å². The van der Waals surface area contributed by atoms with Crippen LogP contribution in [0.1, 0.15) is 11.4 Å². The molecule has 84 valence electrons. The summed E-state index contributed by atoms with van der Waals surface area (Å²) >= 11 is 0. The molecule has 0 saturated carbocycles. The van der Waals surface area contributed by atoms with Crippen molar-refractivity contribution in [3.8, 4) is 0 Å². The molecule has 2 aromatic heterocycles. The molecule has 3 rings (SSSR count). The van der Waals surface area contributed by atoms with E-state index in [2.05, 4.69) is 27.1 Å². The fourth-order valence-electron chi connectivity index (χ4n) is 1.87. The molecule has 4 heteroatoms. The van der Waals surface area contributed by atoms with Gasteiger partial charge >= 0.3 is 0 Å². The monoisotopic (exact) mass is 224 g/mol. The van der Waals surface area contributed by atoms with Gasteiger partial charge in [0.15, 0.2) is 0 Å². The Bertz CT molecular complexity index is 643. The maximum Gasteiger partial charge on any atom is 0.143 e. The molecule has 0 bridgehead atoms. The zero-order valence-electron chi connectivity index (χ0n) is 9.22. The van der Waals surface area contributed by atoms with Crippen molar-refractivity contribution in [2.45, 2.75) is 6.42 Å². The third-order valence-electron chi connectivity index (χ3n) is 2.70. The highest BCUT2D eigenvalue weighted by Gasteiger charge is 2.06. The van der Waals surface area contributed by atoms with Gasteiger partial charge in [0.25, 0.3) is 0 Å². The van der Waals surface area contributed by atoms with E-state index in [0.717, 1.165) is 16.9 Å². The molecule has 2 heterocycles. The van der Waals surface area contributed by atoms with E-state index in [9.17, 15) is 0 Å². The summed E-state index contributed by atoms with van der Waals surface area (Å²) in [5.74, 6) is 1.27. The predicted molar refractivity (Wildman–Crippen MR) is 67.5 cm³/mol. The van der Waals surface area contributed by atoms with Crippen LogP contribution in [0.3, 0.4) is 0 Å². The Morgan fingerprint density at radius 3 is 2.71 bits per heavy atom. The number of anilines is 1. The van der Waals surface area contributed by atoms with Crippen LogP contribution in [0.4, 0.5) is 5.82 Å². The number of fused-ring (bicyclic) bond motifs is 1. The Labute approximate surface area is 98.5 Å². The molecule has 0 aliphatic heterocycles. The average molecular weight is 224 g/mol. The molecular formula is C13H12N4. The summed E-state index contributed by atoms with van der Waals surface area (Å²) in [4.78, 5) is 11.8. The highest BCUT2D eigenvalue weighted by atomic mass is 15.0. The van der Waals surface area contributed by atoms with E-state index in [-0.39, 0.29) is 0 Å². The van der Waals surface area contributed by atoms with Gasteiger partial charge in [0, 0.05) is 12.6 Å².